The third-order valence-electron chi connectivity index (χ3n) is 3.79. The average Bonchev–Trinajstić information content (AvgIpc) is 3.29. The summed E-state index contributed by atoms with van der Waals surface area (Å²) >= 11 is 5.99. The van der Waals surface area contributed by atoms with Gasteiger partial charge in [-0.25, -0.2) is 4.99 Å². The highest BCUT2D eigenvalue weighted by Crippen LogP contribution is 2.20. The molecule has 1 aromatic heterocycles. The number of hydrogen-bond acceptors (Lipinski definition) is 5. The SMILES string of the molecule is CCNC(=NCc1nc(-c2cccc(Cl)c2)no1)NCC1CCCO1.I. The van der Waals surface area contributed by atoms with E-state index in [0.29, 0.717) is 29.2 Å². The lowest BCUT2D eigenvalue weighted by Crippen LogP contribution is -2.41. The molecular formula is C17H23ClIN5O2. The summed E-state index contributed by atoms with van der Waals surface area (Å²) in [7, 11) is 0. The zero-order valence-corrected chi connectivity index (χ0v) is 17.7. The van der Waals surface area contributed by atoms with E-state index >= 15 is 0 Å². The maximum absolute atomic E-state index is 5.99. The number of benzene rings is 1. The molecule has 1 aliphatic heterocycles. The third-order valence-corrected chi connectivity index (χ3v) is 4.02. The van der Waals surface area contributed by atoms with Gasteiger partial charge in [0.05, 0.1) is 6.10 Å². The molecule has 26 heavy (non-hydrogen) atoms. The number of ether oxygens (including phenoxy) is 1. The Hall–Kier alpha value is -1.39. The smallest absolute Gasteiger partial charge is 0.248 e. The van der Waals surface area contributed by atoms with E-state index in [9.17, 15) is 0 Å². The van der Waals surface area contributed by atoms with E-state index in [1.165, 1.54) is 0 Å². The number of nitrogens with zero attached hydrogens (tertiary/aromatic N) is 3. The third kappa shape index (κ3) is 6.10. The summed E-state index contributed by atoms with van der Waals surface area (Å²) in [6.45, 7) is 4.67. The second-order valence-corrected chi connectivity index (χ2v) is 6.17. The largest absolute Gasteiger partial charge is 0.376 e. The number of aromatic nitrogens is 2. The van der Waals surface area contributed by atoms with Crippen molar-refractivity contribution in [3.05, 3.63) is 35.2 Å². The highest BCUT2D eigenvalue weighted by molar-refractivity contribution is 14.0. The van der Waals surface area contributed by atoms with Crippen LogP contribution in [0.3, 0.4) is 0 Å². The van der Waals surface area contributed by atoms with Gasteiger partial charge in [-0.05, 0) is 31.9 Å². The van der Waals surface area contributed by atoms with Crippen LogP contribution in [0.2, 0.25) is 5.02 Å². The number of rotatable bonds is 6. The lowest BCUT2D eigenvalue weighted by molar-refractivity contribution is 0.114. The first-order valence-corrected chi connectivity index (χ1v) is 8.84. The molecule has 2 N–H and O–H groups in total. The zero-order chi connectivity index (χ0) is 17.5. The van der Waals surface area contributed by atoms with E-state index in [2.05, 4.69) is 25.8 Å². The molecular weight excluding hydrogens is 469 g/mol. The predicted octanol–water partition coefficient (Wildman–Crippen LogP) is 3.24. The van der Waals surface area contributed by atoms with Crippen molar-refractivity contribution in [3.63, 3.8) is 0 Å². The van der Waals surface area contributed by atoms with Crippen LogP contribution in [0.1, 0.15) is 25.7 Å². The van der Waals surface area contributed by atoms with Crippen LogP contribution in [-0.2, 0) is 11.3 Å². The minimum atomic E-state index is 0. The summed E-state index contributed by atoms with van der Waals surface area (Å²) in [6.07, 6.45) is 2.45. The number of aliphatic imine (C=N–C) groups is 1. The molecule has 1 aliphatic rings. The lowest BCUT2D eigenvalue weighted by Gasteiger charge is -2.14. The van der Waals surface area contributed by atoms with Crippen molar-refractivity contribution in [1.82, 2.24) is 20.8 Å². The molecule has 0 bridgehead atoms. The fourth-order valence-corrected chi connectivity index (χ4v) is 2.76. The van der Waals surface area contributed by atoms with Crippen LogP contribution in [-0.4, -0.2) is 41.9 Å². The minimum Gasteiger partial charge on any atom is -0.376 e. The van der Waals surface area contributed by atoms with Gasteiger partial charge in [-0.15, -0.1) is 24.0 Å². The second-order valence-electron chi connectivity index (χ2n) is 5.73. The van der Waals surface area contributed by atoms with Crippen LogP contribution in [0.25, 0.3) is 11.4 Å². The fourth-order valence-electron chi connectivity index (χ4n) is 2.57. The standard InChI is InChI=1S/C17H22ClN5O2.HI/c1-2-19-17(20-10-14-7-4-8-24-14)21-11-15-22-16(23-25-15)12-5-3-6-13(18)9-12;/h3,5-6,9,14H,2,4,7-8,10-11H2,1H3,(H2,19,20,21);1H. The van der Waals surface area contributed by atoms with Crippen molar-refractivity contribution in [2.24, 2.45) is 4.99 Å². The topological polar surface area (TPSA) is 84.6 Å². The average molecular weight is 492 g/mol. The van der Waals surface area contributed by atoms with Gasteiger partial charge in [0, 0.05) is 30.3 Å². The first kappa shape index (κ1) is 20.9. The van der Waals surface area contributed by atoms with E-state index in [1.54, 1.807) is 12.1 Å². The first-order valence-electron chi connectivity index (χ1n) is 8.47. The maximum Gasteiger partial charge on any atom is 0.248 e. The summed E-state index contributed by atoms with van der Waals surface area (Å²) in [5.74, 6) is 1.66. The summed E-state index contributed by atoms with van der Waals surface area (Å²) in [5, 5.41) is 11.1. The molecule has 142 valence electrons. The molecule has 0 spiro atoms. The van der Waals surface area contributed by atoms with Gasteiger partial charge in [0.15, 0.2) is 5.96 Å². The van der Waals surface area contributed by atoms with Gasteiger partial charge >= 0.3 is 0 Å². The Morgan fingerprint density at radius 1 is 1.38 bits per heavy atom. The van der Waals surface area contributed by atoms with E-state index in [1.807, 2.05) is 19.1 Å². The Balaban J connectivity index is 0.00000243. The Morgan fingerprint density at radius 2 is 2.27 bits per heavy atom. The Labute approximate surface area is 175 Å². The van der Waals surface area contributed by atoms with Crippen LogP contribution >= 0.6 is 35.6 Å². The molecule has 0 saturated carbocycles. The number of guanidine groups is 1. The summed E-state index contributed by atoms with van der Waals surface area (Å²) in [4.78, 5) is 8.85. The summed E-state index contributed by atoms with van der Waals surface area (Å²) in [5.41, 5.74) is 0.815. The Morgan fingerprint density at radius 3 is 3.00 bits per heavy atom. The monoisotopic (exact) mass is 491 g/mol. The van der Waals surface area contributed by atoms with Gasteiger partial charge in [-0.3, -0.25) is 0 Å². The van der Waals surface area contributed by atoms with Crippen LogP contribution in [0.4, 0.5) is 0 Å². The molecule has 9 heteroatoms. The van der Waals surface area contributed by atoms with Crippen LogP contribution in [0.5, 0.6) is 0 Å². The van der Waals surface area contributed by atoms with Crippen molar-refractivity contribution < 1.29 is 9.26 Å². The lowest BCUT2D eigenvalue weighted by atomic mass is 10.2. The van der Waals surface area contributed by atoms with Gasteiger partial charge < -0.3 is 19.9 Å². The molecule has 2 aromatic rings. The van der Waals surface area contributed by atoms with Crippen LogP contribution in [0, 0.1) is 0 Å². The maximum atomic E-state index is 5.99. The van der Waals surface area contributed by atoms with Crippen molar-refractivity contribution in [2.75, 3.05) is 19.7 Å². The van der Waals surface area contributed by atoms with Crippen molar-refractivity contribution in [3.8, 4) is 11.4 Å². The normalized spacial score (nSPS) is 17.0. The first-order chi connectivity index (χ1) is 12.2. The molecule has 3 rings (SSSR count). The van der Waals surface area contributed by atoms with Gasteiger partial charge in [-0.1, -0.05) is 28.9 Å². The minimum absolute atomic E-state index is 0. The highest BCUT2D eigenvalue weighted by atomic mass is 127. The van der Waals surface area contributed by atoms with E-state index in [0.717, 1.165) is 38.1 Å². The van der Waals surface area contributed by atoms with Gasteiger partial charge in [0.2, 0.25) is 11.7 Å². The van der Waals surface area contributed by atoms with E-state index < -0.39 is 0 Å². The molecule has 0 amide bonds. The second kappa shape index (κ2) is 10.7. The molecule has 0 aliphatic carbocycles. The molecule has 1 saturated heterocycles. The van der Waals surface area contributed by atoms with Crippen molar-refractivity contribution in [1.29, 1.82) is 0 Å². The quantitative estimate of drug-likeness (QED) is 0.367. The van der Waals surface area contributed by atoms with Crippen molar-refractivity contribution >= 4 is 41.5 Å². The van der Waals surface area contributed by atoms with Crippen LogP contribution < -0.4 is 10.6 Å². The molecule has 0 radical (unpaired) electrons. The summed E-state index contributed by atoms with van der Waals surface area (Å²) in [6, 6.07) is 7.34. The summed E-state index contributed by atoms with van der Waals surface area (Å²) < 4.78 is 10.9. The Bertz CT molecular complexity index is 719. The van der Waals surface area contributed by atoms with E-state index in [4.69, 9.17) is 20.9 Å². The number of hydrogen-bond donors (Lipinski definition) is 2. The molecule has 1 aromatic carbocycles. The Kier molecular flexibility index (Phi) is 8.60. The molecule has 2 heterocycles. The highest BCUT2D eigenvalue weighted by Gasteiger charge is 2.15. The molecule has 1 unspecified atom stereocenters. The molecule has 1 atom stereocenters. The van der Waals surface area contributed by atoms with Gasteiger partial charge in [0.25, 0.3) is 0 Å². The van der Waals surface area contributed by atoms with Gasteiger partial charge in [-0.2, -0.15) is 4.98 Å². The molecule has 7 nitrogen and oxygen atoms in total. The number of halogens is 2. The predicted molar refractivity (Wildman–Crippen MR) is 112 cm³/mol. The van der Waals surface area contributed by atoms with Crippen molar-refractivity contribution in [2.45, 2.75) is 32.4 Å². The van der Waals surface area contributed by atoms with Gasteiger partial charge in [0.1, 0.15) is 6.54 Å². The molecule has 1 fully saturated rings. The fraction of sp³-hybridized carbons (Fsp3) is 0.471. The zero-order valence-electron chi connectivity index (χ0n) is 14.6. The van der Waals surface area contributed by atoms with Crippen LogP contribution in [0.15, 0.2) is 33.8 Å². The van der Waals surface area contributed by atoms with E-state index in [-0.39, 0.29) is 30.1 Å². The number of nitrogens with one attached hydrogen (secondary N) is 2.